The van der Waals surface area contributed by atoms with Gasteiger partial charge >= 0.3 is 0 Å². The lowest BCUT2D eigenvalue weighted by atomic mass is 10.0. The number of thiazole rings is 1. The minimum absolute atomic E-state index is 0.453. The first-order valence-electron chi connectivity index (χ1n) is 7.80. The number of pyridine rings is 1. The van der Waals surface area contributed by atoms with Crippen LogP contribution in [-0.4, -0.2) is 25.1 Å². The second-order valence-corrected chi connectivity index (χ2v) is 6.53. The van der Waals surface area contributed by atoms with Gasteiger partial charge < -0.3 is 0 Å². The Morgan fingerprint density at radius 2 is 2.19 bits per heavy atom. The lowest BCUT2D eigenvalue weighted by Crippen LogP contribution is -1.91. The molecule has 0 radical (unpaired) electrons. The predicted octanol–water partition coefficient (Wildman–Crippen LogP) is 3.91. The maximum atomic E-state index is 9.21. The molecular weight excluding hydrogens is 346 g/mol. The fourth-order valence-electron chi connectivity index (χ4n) is 2.58. The van der Waals surface area contributed by atoms with Crippen molar-refractivity contribution in [3.8, 4) is 27.8 Å². The fraction of sp³-hybridized carbons (Fsp3) is 0.0556. The minimum Gasteiger partial charge on any atom is -0.299 e. The van der Waals surface area contributed by atoms with Gasteiger partial charge in [-0.25, -0.2) is 9.97 Å². The highest BCUT2D eigenvalue weighted by Gasteiger charge is 2.17. The summed E-state index contributed by atoms with van der Waals surface area (Å²) in [4.78, 5) is 14.0. The topological polar surface area (TPSA) is 103 Å². The molecule has 0 aliphatic heterocycles. The highest BCUT2D eigenvalue weighted by atomic mass is 32.1. The zero-order chi connectivity index (χ0) is 17.9. The lowest BCUT2D eigenvalue weighted by molar-refractivity contribution is 1.09. The van der Waals surface area contributed by atoms with E-state index in [2.05, 4.69) is 31.6 Å². The third-order valence-corrected chi connectivity index (χ3v) is 4.80. The van der Waals surface area contributed by atoms with Crippen molar-refractivity contribution in [2.75, 3.05) is 5.32 Å². The Labute approximate surface area is 153 Å². The Bertz CT molecular complexity index is 1090. The van der Waals surface area contributed by atoms with Crippen LogP contribution in [0.4, 0.5) is 11.1 Å². The van der Waals surface area contributed by atoms with Gasteiger partial charge in [-0.3, -0.25) is 15.4 Å². The van der Waals surface area contributed by atoms with Gasteiger partial charge in [0.1, 0.15) is 6.33 Å². The van der Waals surface area contributed by atoms with Gasteiger partial charge in [-0.05, 0) is 36.2 Å². The summed E-state index contributed by atoms with van der Waals surface area (Å²) in [6, 6.07) is 11.6. The number of aromatic amines is 1. The molecule has 0 saturated heterocycles. The molecule has 0 amide bonds. The average molecular weight is 359 g/mol. The molecule has 0 fully saturated rings. The van der Waals surface area contributed by atoms with Crippen LogP contribution in [0.1, 0.15) is 11.1 Å². The van der Waals surface area contributed by atoms with Crippen molar-refractivity contribution in [2.24, 2.45) is 0 Å². The summed E-state index contributed by atoms with van der Waals surface area (Å²) in [6.45, 7) is 2.01. The van der Waals surface area contributed by atoms with Gasteiger partial charge in [0.15, 0.2) is 5.13 Å². The van der Waals surface area contributed by atoms with E-state index in [1.54, 1.807) is 12.3 Å². The predicted molar refractivity (Wildman–Crippen MR) is 99.9 cm³/mol. The number of nitriles is 1. The molecular formula is C18H13N7S. The SMILES string of the molecule is Cc1cnccc1-c1sc(Nc2nc[nH]n2)nc1-c1cccc(C#N)c1. The van der Waals surface area contributed by atoms with Crippen LogP contribution in [-0.2, 0) is 0 Å². The molecule has 1 aromatic carbocycles. The van der Waals surface area contributed by atoms with E-state index >= 15 is 0 Å². The number of H-pyrrole nitrogens is 1. The quantitative estimate of drug-likeness (QED) is 0.572. The number of rotatable bonds is 4. The van der Waals surface area contributed by atoms with E-state index in [1.807, 2.05) is 37.4 Å². The molecule has 0 unspecified atom stereocenters. The molecule has 26 heavy (non-hydrogen) atoms. The zero-order valence-electron chi connectivity index (χ0n) is 13.8. The van der Waals surface area contributed by atoms with Gasteiger partial charge in [0.05, 0.1) is 22.2 Å². The van der Waals surface area contributed by atoms with E-state index in [-0.39, 0.29) is 0 Å². The maximum absolute atomic E-state index is 9.21. The van der Waals surface area contributed by atoms with Crippen molar-refractivity contribution < 1.29 is 0 Å². The molecule has 4 aromatic rings. The normalized spacial score (nSPS) is 10.5. The summed E-state index contributed by atoms with van der Waals surface area (Å²) >= 11 is 1.51. The molecule has 0 spiro atoms. The number of hydrogen-bond acceptors (Lipinski definition) is 7. The highest BCUT2D eigenvalue weighted by molar-refractivity contribution is 7.19. The minimum atomic E-state index is 0.453. The molecule has 2 N–H and O–H groups in total. The lowest BCUT2D eigenvalue weighted by Gasteiger charge is -2.05. The summed E-state index contributed by atoms with van der Waals surface area (Å²) < 4.78 is 0. The zero-order valence-corrected chi connectivity index (χ0v) is 14.6. The van der Waals surface area contributed by atoms with Crippen LogP contribution in [0, 0.1) is 18.3 Å². The number of nitrogens with zero attached hydrogens (tertiary/aromatic N) is 5. The molecule has 126 valence electrons. The number of nitrogens with one attached hydrogen (secondary N) is 2. The first-order valence-corrected chi connectivity index (χ1v) is 8.61. The molecule has 0 aliphatic carbocycles. The van der Waals surface area contributed by atoms with Crippen LogP contribution in [0.2, 0.25) is 0 Å². The van der Waals surface area contributed by atoms with Crippen LogP contribution < -0.4 is 5.32 Å². The monoisotopic (exact) mass is 359 g/mol. The van der Waals surface area contributed by atoms with Crippen molar-refractivity contribution in [1.29, 1.82) is 5.26 Å². The highest BCUT2D eigenvalue weighted by Crippen LogP contribution is 2.40. The standard InChI is InChI=1S/C18H13N7S/c1-11-9-20-6-5-14(11)16-15(13-4-2-3-12(7-13)8-19)23-18(26-16)24-17-21-10-22-25-17/h2-7,9-10H,1H3,(H2,21,22,23,24,25). The molecule has 8 heteroatoms. The fourth-order valence-corrected chi connectivity index (χ4v) is 3.65. The molecule has 7 nitrogen and oxygen atoms in total. The average Bonchev–Trinajstić information content (AvgIpc) is 3.32. The maximum Gasteiger partial charge on any atom is 0.248 e. The van der Waals surface area contributed by atoms with Crippen LogP contribution in [0.15, 0.2) is 49.1 Å². The van der Waals surface area contributed by atoms with Gasteiger partial charge in [-0.2, -0.15) is 5.26 Å². The van der Waals surface area contributed by atoms with Crippen LogP contribution in [0.5, 0.6) is 0 Å². The molecule has 3 aromatic heterocycles. The number of benzene rings is 1. The molecule has 0 aliphatic rings. The van der Waals surface area contributed by atoms with E-state index in [9.17, 15) is 5.26 Å². The molecule has 0 atom stereocenters. The van der Waals surface area contributed by atoms with E-state index < -0.39 is 0 Å². The first kappa shape index (κ1) is 15.9. The molecule has 0 bridgehead atoms. The Morgan fingerprint density at radius 1 is 1.27 bits per heavy atom. The summed E-state index contributed by atoms with van der Waals surface area (Å²) in [5, 5.41) is 19.7. The number of aromatic nitrogens is 5. The van der Waals surface area contributed by atoms with E-state index in [1.165, 1.54) is 17.7 Å². The van der Waals surface area contributed by atoms with Gasteiger partial charge in [-0.15, -0.1) is 5.10 Å². The van der Waals surface area contributed by atoms with E-state index in [4.69, 9.17) is 4.98 Å². The summed E-state index contributed by atoms with van der Waals surface area (Å²) in [6.07, 6.45) is 5.09. The summed E-state index contributed by atoms with van der Waals surface area (Å²) in [5.74, 6) is 0.453. The van der Waals surface area contributed by atoms with Crippen molar-refractivity contribution in [1.82, 2.24) is 25.1 Å². The van der Waals surface area contributed by atoms with Crippen molar-refractivity contribution in [3.05, 3.63) is 60.2 Å². The van der Waals surface area contributed by atoms with Crippen molar-refractivity contribution in [3.63, 3.8) is 0 Å². The number of aryl methyl sites for hydroxylation is 1. The first-order chi connectivity index (χ1) is 12.7. The van der Waals surface area contributed by atoms with Gasteiger partial charge in [0, 0.05) is 18.0 Å². The Kier molecular flexibility index (Phi) is 4.13. The van der Waals surface area contributed by atoms with Crippen LogP contribution in [0.3, 0.4) is 0 Å². The second kappa shape index (κ2) is 6.74. The Morgan fingerprint density at radius 3 is 2.96 bits per heavy atom. The largest absolute Gasteiger partial charge is 0.299 e. The van der Waals surface area contributed by atoms with E-state index in [0.29, 0.717) is 16.6 Å². The third-order valence-electron chi connectivity index (χ3n) is 3.79. The van der Waals surface area contributed by atoms with E-state index in [0.717, 1.165) is 27.3 Å². The van der Waals surface area contributed by atoms with Gasteiger partial charge in [-0.1, -0.05) is 23.5 Å². The van der Waals surface area contributed by atoms with Crippen molar-refractivity contribution in [2.45, 2.75) is 6.92 Å². The Balaban J connectivity index is 1.86. The smallest absolute Gasteiger partial charge is 0.248 e. The molecule has 3 heterocycles. The van der Waals surface area contributed by atoms with Crippen LogP contribution >= 0.6 is 11.3 Å². The number of hydrogen-bond donors (Lipinski definition) is 2. The third kappa shape index (κ3) is 3.03. The van der Waals surface area contributed by atoms with Crippen molar-refractivity contribution >= 4 is 22.4 Å². The summed E-state index contributed by atoms with van der Waals surface area (Å²) in [7, 11) is 0. The van der Waals surface area contributed by atoms with Gasteiger partial charge in [0.2, 0.25) is 5.95 Å². The van der Waals surface area contributed by atoms with Gasteiger partial charge in [0.25, 0.3) is 0 Å². The molecule has 0 saturated carbocycles. The number of anilines is 2. The summed E-state index contributed by atoms with van der Waals surface area (Å²) in [5.41, 5.74) is 4.39. The molecule has 4 rings (SSSR count). The van der Waals surface area contributed by atoms with Crippen LogP contribution in [0.25, 0.3) is 21.7 Å². The second-order valence-electron chi connectivity index (χ2n) is 5.53. The Hall–Kier alpha value is -3.57.